The number of carbonyl (C=O) groups is 1. The van der Waals surface area contributed by atoms with Gasteiger partial charge in [-0.3, -0.25) is 9.58 Å². The van der Waals surface area contributed by atoms with Gasteiger partial charge in [-0.25, -0.2) is 14.7 Å². The molecule has 1 saturated heterocycles. The van der Waals surface area contributed by atoms with Gasteiger partial charge in [0.1, 0.15) is 5.82 Å². The summed E-state index contributed by atoms with van der Waals surface area (Å²) in [6.07, 6.45) is 13.4. The molecule has 0 atom stereocenters. The van der Waals surface area contributed by atoms with Crippen LogP contribution in [0.5, 0.6) is 0 Å². The number of nitrogens with zero attached hydrogens (tertiary/aromatic N) is 6. The molecule has 10 nitrogen and oxygen atoms in total. The largest absolute Gasteiger partial charge is 0.464 e. The smallest absolute Gasteiger partial charge is 0.417 e. The molecule has 4 rings (SSSR count). The fourth-order valence-corrected chi connectivity index (χ4v) is 4.05. The van der Waals surface area contributed by atoms with Crippen LogP contribution < -0.4 is 15.5 Å². The second kappa shape index (κ2) is 12.0. The van der Waals surface area contributed by atoms with Gasteiger partial charge in [-0.15, -0.1) is 0 Å². The van der Waals surface area contributed by atoms with Crippen LogP contribution in [0, 0.1) is 0 Å². The summed E-state index contributed by atoms with van der Waals surface area (Å²) in [4.78, 5) is 24.4. The fourth-order valence-electron chi connectivity index (χ4n) is 4.05. The van der Waals surface area contributed by atoms with Gasteiger partial charge in [0.05, 0.1) is 17.6 Å². The summed E-state index contributed by atoms with van der Waals surface area (Å²) in [6.45, 7) is 3.98. The van der Waals surface area contributed by atoms with Crippen LogP contribution >= 0.6 is 0 Å². The zero-order valence-electron chi connectivity index (χ0n) is 20.0. The molecule has 0 unspecified atom stereocenters. The number of hydrogen-bond acceptors (Lipinski definition) is 7. The molecule has 35 heavy (non-hydrogen) atoms. The molecule has 1 aliphatic rings. The number of anilines is 5. The number of aryl methyl sites for hydroxylation is 1. The molecule has 2 aromatic heterocycles. The highest BCUT2D eigenvalue weighted by molar-refractivity contribution is 5.94. The Balaban J connectivity index is 1.40. The fraction of sp³-hybridized carbons (Fsp3) is 0.360. The molecule has 184 valence electrons. The van der Waals surface area contributed by atoms with Gasteiger partial charge in [-0.05, 0) is 44.1 Å². The number of hydrogen-bond donors (Lipinski definition) is 3. The molecule has 1 amide bonds. The van der Waals surface area contributed by atoms with Crippen LogP contribution in [-0.4, -0.2) is 62.0 Å². The topological polar surface area (TPSA) is 111 Å². The van der Waals surface area contributed by atoms with Crippen molar-refractivity contribution in [1.29, 1.82) is 0 Å². The van der Waals surface area contributed by atoms with Crippen molar-refractivity contribution in [2.45, 2.75) is 25.7 Å². The molecule has 1 aromatic carbocycles. The number of amides is 1. The predicted molar refractivity (Wildman–Crippen MR) is 138 cm³/mol. The van der Waals surface area contributed by atoms with Crippen molar-refractivity contribution >= 4 is 34.9 Å². The summed E-state index contributed by atoms with van der Waals surface area (Å²) in [6, 6.07) is 8.85. The van der Waals surface area contributed by atoms with E-state index in [9.17, 15) is 9.90 Å². The van der Waals surface area contributed by atoms with Gasteiger partial charge in [-0.1, -0.05) is 31.1 Å². The highest BCUT2D eigenvalue weighted by atomic mass is 16.4. The van der Waals surface area contributed by atoms with E-state index in [1.165, 1.54) is 45.0 Å². The van der Waals surface area contributed by atoms with Crippen molar-refractivity contribution in [3.05, 3.63) is 61.1 Å². The van der Waals surface area contributed by atoms with E-state index in [1.807, 2.05) is 12.1 Å². The number of rotatable bonds is 9. The third-order valence-corrected chi connectivity index (χ3v) is 5.78. The van der Waals surface area contributed by atoms with Gasteiger partial charge in [0.2, 0.25) is 5.95 Å². The van der Waals surface area contributed by atoms with Crippen molar-refractivity contribution in [1.82, 2.24) is 24.6 Å². The van der Waals surface area contributed by atoms with Gasteiger partial charge >= 0.3 is 6.09 Å². The lowest BCUT2D eigenvalue weighted by Crippen LogP contribution is -2.25. The highest BCUT2D eigenvalue weighted by Crippen LogP contribution is 2.27. The number of carboxylic acid groups (broad SMARTS) is 1. The molecule has 3 heterocycles. The molecular formula is C25H32N8O2. The third-order valence-electron chi connectivity index (χ3n) is 5.78. The van der Waals surface area contributed by atoms with Gasteiger partial charge in [0.15, 0.2) is 0 Å². The lowest BCUT2D eigenvalue weighted by atomic mass is 10.2. The van der Waals surface area contributed by atoms with Crippen molar-refractivity contribution in [3.63, 3.8) is 0 Å². The van der Waals surface area contributed by atoms with Crippen LogP contribution in [0.3, 0.4) is 0 Å². The molecule has 0 saturated carbocycles. The van der Waals surface area contributed by atoms with E-state index in [2.05, 4.69) is 42.8 Å². The summed E-state index contributed by atoms with van der Waals surface area (Å²) in [5.41, 5.74) is 2.03. The SMILES string of the molecule is Cn1cc(Nc2nccc(N(C(=O)O)c3cccc(NC/C=C/CN4CCCCCC4)c3)n2)cn1. The minimum absolute atomic E-state index is 0.244. The molecule has 3 N–H and O–H groups in total. The number of nitrogens with one attached hydrogen (secondary N) is 2. The van der Waals surface area contributed by atoms with Gasteiger partial charge in [0.25, 0.3) is 0 Å². The number of aromatic nitrogens is 4. The van der Waals surface area contributed by atoms with Crippen LogP contribution in [0.1, 0.15) is 25.7 Å². The highest BCUT2D eigenvalue weighted by Gasteiger charge is 2.19. The molecular weight excluding hydrogens is 444 g/mol. The predicted octanol–water partition coefficient (Wildman–Crippen LogP) is 4.61. The average molecular weight is 477 g/mol. The molecule has 10 heteroatoms. The monoisotopic (exact) mass is 476 g/mol. The maximum Gasteiger partial charge on any atom is 0.417 e. The summed E-state index contributed by atoms with van der Waals surface area (Å²) in [5, 5.41) is 20.4. The standard InChI is InChI=1S/C25H32N8O2/c1-31-19-21(18-28-31)29-24-27-13-11-23(30-24)33(25(34)35)22-10-8-9-20(17-22)26-12-4-7-16-32-14-5-2-3-6-15-32/h4,7-11,13,17-19,26H,2-3,5-6,12,14-16H2,1H3,(H,34,35)(H,27,29,30)/b7-4+. The molecule has 0 aliphatic carbocycles. The molecule has 1 fully saturated rings. The zero-order chi connectivity index (χ0) is 24.5. The maximum absolute atomic E-state index is 12.2. The first-order valence-corrected chi connectivity index (χ1v) is 11.9. The molecule has 0 bridgehead atoms. The Morgan fingerprint density at radius 1 is 1.14 bits per heavy atom. The minimum Gasteiger partial charge on any atom is -0.464 e. The van der Waals surface area contributed by atoms with E-state index in [0.29, 0.717) is 17.9 Å². The first-order valence-electron chi connectivity index (χ1n) is 11.9. The lowest BCUT2D eigenvalue weighted by molar-refractivity contribution is 0.204. The minimum atomic E-state index is -1.13. The lowest BCUT2D eigenvalue weighted by Gasteiger charge is -2.19. The van der Waals surface area contributed by atoms with Crippen molar-refractivity contribution < 1.29 is 9.90 Å². The Hall–Kier alpha value is -3.92. The first kappa shape index (κ1) is 24.2. The molecule has 3 aromatic rings. The summed E-state index contributed by atoms with van der Waals surface area (Å²) in [7, 11) is 1.81. The summed E-state index contributed by atoms with van der Waals surface area (Å²) < 4.78 is 1.65. The number of likely N-dealkylation sites (tertiary alicyclic amines) is 1. The van der Waals surface area contributed by atoms with Crippen LogP contribution in [0.2, 0.25) is 0 Å². The van der Waals surface area contributed by atoms with Crippen LogP contribution in [0.15, 0.2) is 61.1 Å². The average Bonchev–Trinajstić information content (AvgIpc) is 3.08. The third kappa shape index (κ3) is 7.03. The Kier molecular flexibility index (Phi) is 8.29. The van der Waals surface area contributed by atoms with Crippen LogP contribution in [0.4, 0.5) is 33.6 Å². The summed E-state index contributed by atoms with van der Waals surface area (Å²) >= 11 is 0. The van der Waals surface area contributed by atoms with Gasteiger partial charge in [-0.2, -0.15) is 10.1 Å². The van der Waals surface area contributed by atoms with E-state index >= 15 is 0 Å². The Morgan fingerprint density at radius 3 is 2.71 bits per heavy atom. The van der Waals surface area contributed by atoms with Crippen LogP contribution in [-0.2, 0) is 7.05 Å². The van der Waals surface area contributed by atoms with Crippen LogP contribution in [0.25, 0.3) is 0 Å². The van der Waals surface area contributed by atoms with E-state index in [4.69, 9.17) is 0 Å². The van der Waals surface area contributed by atoms with Gasteiger partial charge in [0, 0.05) is 44.3 Å². The molecule has 1 aliphatic heterocycles. The van der Waals surface area contributed by atoms with E-state index in [0.717, 1.165) is 17.1 Å². The molecule has 0 radical (unpaired) electrons. The van der Waals surface area contributed by atoms with E-state index in [1.54, 1.807) is 42.3 Å². The number of benzene rings is 1. The maximum atomic E-state index is 12.2. The van der Waals surface area contributed by atoms with Crippen molar-refractivity contribution in [3.8, 4) is 0 Å². The first-order chi connectivity index (χ1) is 17.1. The van der Waals surface area contributed by atoms with Gasteiger partial charge < -0.3 is 15.7 Å². The Bertz CT molecular complexity index is 1140. The second-order valence-corrected chi connectivity index (χ2v) is 8.50. The molecule has 0 spiro atoms. The Morgan fingerprint density at radius 2 is 1.97 bits per heavy atom. The summed E-state index contributed by atoms with van der Waals surface area (Å²) in [5.74, 6) is 0.527. The Labute approximate surface area is 205 Å². The van der Waals surface area contributed by atoms with Crippen molar-refractivity contribution in [2.75, 3.05) is 41.7 Å². The van der Waals surface area contributed by atoms with Crippen molar-refractivity contribution in [2.24, 2.45) is 7.05 Å². The van der Waals surface area contributed by atoms with E-state index < -0.39 is 6.09 Å². The zero-order valence-corrected chi connectivity index (χ0v) is 20.0. The second-order valence-electron chi connectivity index (χ2n) is 8.50. The quantitative estimate of drug-likeness (QED) is 0.384. The van der Waals surface area contributed by atoms with E-state index in [-0.39, 0.29) is 11.8 Å². The normalized spacial score (nSPS) is 14.5.